The highest BCUT2D eigenvalue weighted by molar-refractivity contribution is 6.16. The molecule has 0 aromatic heterocycles. The zero-order valence-electron chi connectivity index (χ0n) is 10.5. The molecule has 102 valence electrons. The highest BCUT2D eigenvalue weighted by Gasteiger charge is 2.47. The van der Waals surface area contributed by atoms with Gasteiger partial charge in [-0.05, 0) is 18.0 Å². The van der Waals surface area contributed by atoms with Crippen LogP contribution in [0.3, 0.4) is 0 Å². The van der Waals surface area contributed by atoms with Crippen LogP contribution in [0.2, 0.25) is 0 Å². The Hall–Kier alpha value is -3.02. The van der Waals surface area contributed by atoms with E-state index >= 15 is 0 Å². The minimum absolute atomic E-state index is 0.0559. The molecule has 9 heteroatoms. The van der Waals surface area contributed by atoms with E-state index in [9.17, 15) is 9.59 Å². The Morgan fingerprint density at radius 1 is 1.20 bits per heavy atom. The maximum absolute atomic E-state index is 12.3. The molecule has 0 saturated heterocycles. The van der Waals surface area contributed by atoms with E-state index in [-0.39, 0.29) is 12.2 Å². The molecule has 0 heterocycles. The van der Waals surface area contributed by atoms with Crippen LogP contribution >= 0.6 is 0 Å². The maximum atomic E-state index is 12.3. The highest BCUT2D eigenvalue weighted by atomic mass is 16.5. The van der Waals surface area contributed by atoms with Gasteiger partial charge in [0.15, 0.2) is 5.78 Å². The average Bonchev–Trinajstić information content (AvgIpc) is 2.47. The van der Waals surface area contributed by atoms with Gasteiger partial charge in [-0.15, -0.1) is 0 Å². The third kappa shape index (κ3) is 2.86. The van der Waals surface area contributed by atoms with Gasteiger partial charge in [-0.1, -0.05) is 40.6 Å². The Morgan fingerprint density at radius 3 is 2.20 bits per heavy atom. The molecule has 0 aliphatic carbocycles. The van der Waals surface area contributed by atoms with Gasteiger partial charge in [0.05, 0.1) is 6.61 Å². The summed E-state index contributed by atoms with van der Waals surface area (Å²) in [6.45, 7) is 1.44. The van der Waals surface area contributed by atoms with Crippen LogP contribution in [-0.4, -0.2) is 24.0 Å². The largest absolute Gasteiger partial charge is 0.465 e. The summed E-state index contributed by atoms with van der Waals surface area (Å²) in [7, 11) is 0. The number of benzene rings is 1. The normalized spacial score (nSPS) is 12.2. The first-order valence-electron chi connectivity index (χ1n) is 5.52. The van der Waals surface area contributed by atoms with Crippen LogP contribution in [0, 0.1) is 0 Å². The topological polar surface area (TPSA) is 141 Å². The molecule has 20 heavy (non-hydrogen) atoms. The Labute approximate surface area is 113 Å². The molecule has 0 N–H and O–H groups in total. The number of hydrogen-bond donors (Lipinski definition) is 0. The van der Waals surface area contributed by atoms with Gasteiger partial charge in [0.25, 0.3) is 5.66 Å². The first kappa shape index (κ1) is 15.0. The van der Waals surface area contributed by atoms with Crippen LogP contribution in [-0.2, 0) is 9.53 Å². The van der Waals surface area contributed by atoms with Crippen molar-refractivity contribution in [3.05, 3.63) is 56.8 Å². The SMILES string of the molecule is CCOC(=O)C(N=[N+]=[N-])(N=[N+]=[N-])C(=O)c1ccccc1. The summed E-state index contributed by atoms with van der Waals surface area (Å²) in [6.07, 6.45) is 0. The molecular formula is C11H10N6O3. The average molecular weight is 274 g/mol. The van der Waals surface area contributed by atoms with Crippen molar-refractivity contribution in [2.45, 2.75) is 12.6 Å². The lowest BCUT2D eigenvalue weighted by molar-refractivity contribution is -0.147. The first-order chi connectivity index (χ1) is 9.62. The van der Waals surface area contributed by atoms with E-state index in [1.165, 1.54) is 19.1 Å². The monoisotopic (exact) mass is 274 g/mol. The first-order valence-corrected chi connectivity index (χ1v) is 5.52. The van der Waals surface area contributed by atoms with Gasteiger partial charge in [0.1, 0.15) is 0 Å². The van der Waals surface area contributed by atoms with Crippen LogP contribution in [0.5, 0.6) is 0 Å². The van der Waals surface area contributed by atoms with Crippen molar-refractivity contribution < 1.29 is 14.3 Å². The van der Waals surface area contributed by atoms with E-state index in [1.54, 1.807) is 18.2 Å². The predicted octanol–water partition coefficient (Wildman–Crippen LogP) is 2.75. The highest BCUT2D eigenvalue weighted by Crippen LogP contribution is 2.23. The maximum Gasteiger partial charge on any atom is 0.332 e. The molecule has 1 aromatic rings. The second-order valence-electron chi connectivity index (χ2n) is 3.47. The fraction of sp³-hybridized carbons (Fsp3) is 0.273. The van der Waals surface area contributed by atoms with E-state index in [2.05, 4.69) is 24.8 Å². The molecule has 0 aliphatic rings. The van der Waals surface area contributed by atoms with E-state index < -0.39 is 17.4 Å². The van der Waals surface area contributed by atoms with E-state index in [0.717, 1.165) is 0 Å². The van der Waals surface area contributed by atoms with Crippen molar-refractivity contribution in [3.8, 4) is 0 Å². The number of rotatable bonds is 6. The molecule has 0 aliphatic heterocycles. The molecule has 1 rings (SSSR count). The summed E-state index contributed by atoms with van der Waals surface area (Å²) in [5.41, 5.74) is 14.6. The van der Waals surface area contributed by atoms with Crippen molar-refractivity contribution in [3.63, 3.8) is 0 Å². The van der Waals surface area contributed by atoms with Gasteiger partial charge in [-0.2, -0.15) is 0 Å². The molecule has 0 fully saturated rings. The number of esters is 1. The van der Waals surface area contributed by atoms with E-state index in [1.807, 2.05) is 0 Å². The van der Waals surface area contributed by atoms with Gasteiger partial charge < -0.3 is 4.74 Å². The van der Waals surface area contributed by atoms with Crippen LogP contribution in [0.4, 0.5) is 0 Å². The Morgan fingerprint density at radius 2 is 1.75 bits per heavy atom. The predicted molar refractivity (Wildman–Crippen MR) is 68.4 cm³/mol. The lowest BCUT2D eigenvalue weighted by Crippen LogP contribution is -2.43. The standard InChI is InChI=1S/C11H10N6O3/c1-2-20-10(19)11(14-16-12,15-17-13)9(18)8-6-4-3-5-7-8/h3-7H,2H2,1H3. The Balaban J connectivity index is 3.43. The Kier molecular flexibility index (Phi) is 5.11. The molecule has 0 atom stereocenters. The van der Waals surface area contributed by atoms with Crippen molar-refractivity contribution >= 4 is 11.8 Å². The number of hydrogen-bond acceptors (Lipinski definition) is 5. The third-order valence-electron chi connectivity index (χ3n) is 2.29. The van der Waals surface area contributed by atoms with E-state index in [4.69, 9.17) is 11.1 Å². The molecular weight excluding hydrogens is 264 g/mol. The molecule has 0 radical (unpaired) electrons. The molecule has 0 spiro atoms. The summed E-state index contributed by atoms with van der Waals surface area (Å²) in [4.78, 5) is 29.0. The van der Waals surface area contributed by atoms with Crippen LogP contribution in [0.25, 0.3) is 20.9 Å². The van der Waals surface area contributed by atoms with Gasteiger partial charge in [-0.25, -0.2) is 0 Å². The Bertz CT molecular complexity index is 584. The van der Waals surface area contributed by atoms with Gasteiger partial charge >= 0.3 is 5.97 Å². The molecule has 1 aromatic carbocycles. The number of carbonyl (C=O) groups excluding carboxylic acids is 2. The second kappa shape index (κ2) is 6.79. The summed E-state index contributed by atoms with van der Waals surface area (Å²) in [6, 6.07) is 7.56. The zero-order valence-corrected chi connectivity index (χ0v) is 10.5. The fourth-order valence-corrected chi connectivity index (χ4v) is 1.44. The van der Waals surface area contributed by atoms with Crippen LogP contribution in [0.15, 0.2) is 40.6 Å². The zero-order chi connectivity index (χ0) is 15.0. The quantitative estimate of drug-likeness (QED) is 0.196. The summed E-state index contributed by atoms with van der Waals surface area (Å²) >= 11 is 0. The van der Waals surface area contributed by atoms with E-state index in [0.29, 0.717) is 0 Å². The fourth-order valence-electron chi connectivity index (χ4n) is 1.44. The minimum Gasteiger partial charge on any atom is -0.465 e. The molecule has 0 amide bonds. The van der Waals surface area contributed by atoms with Gasteiger partial charge in [-0.3, -0.25) is 9.59 Å². The lowest BCUT2D eigenvalue weighted by atomic mass is 9.99. The summed E-state index contributed by atoms with van der Waals surface area (Å²) < 4.78 is 4.67. The van der Waals surface area contributed by atoms with Crippen molar-refractivity contribution in [2.24, 2.45) is 10.2 Å². The molecule has 0 saturated carbocycles. The molecule has 0 bridgehead atoms. The van der Waals surface area contributed by atoms with Crippen LogP contribution < -0.4 is 0 Å². The van der Waals surface area contributed by atoms with Crippen molar-refractivity contribution in [1.82, 2.24) is 0 Å². The number of ketones is 1. The smallest absolute Gasteiger partial charge is 0.332 e. The summed E-state index contributed by atoms with van der Waals surface area (Å²) in [5.74, 6) is -2.17. The summed E-state index contributed by atoms with van der Waals surface area (Å²) in [5, 5.41) is 6.15. The number of ether oxygens (including phenoxy) is 1. The number of nitrogens with zero attached hydrogens (tertiary/aromatic N) is 6. The number of Topliss-reactive ketones (excluding diaryl/α,β-unsaturated/α-hetero) is 1. The molecule has 9 nitrogen and oxygen atoms in total. The van der Waals surface area contributed by atoms with Crippen LogP contribution in [0.1, 0.15) is 17.3 Å². The minimum atomic E-state index is -2.61. The number of carbonyl (C=O) groups is 2. The van der Waals surface area contributed by atoms with Crippen molar-refractivity contribution in [1.29, 1.82) is 0 Å². The third-order valence-corrected chi connectivity index (χ3v) is 2.29. The second-order valence-corrected chi connectivity index (χ2v) is 3.47. The lowest BCUT2D eigenvalue weighted by Gasteiger charge is -2.19. The van der Waals surface area contributed by atoms with Gasteiger partial charge in [0, 0.05) is 15.4 Å². The van der Waals surface area contributed by atoms with Gasteiger partial charge in [0.2, 0.25) is 0 Å². The van der Waals surface area contributed by atoms with Crippen molar-refractivity contribution in [2.75, 3.05) is 6.61 Å². The molecule has 0 unspecified atom stereocenters. The number of azide groups is 1.